The monoisotopic (exact) mass is 246 g/mol. The third-order valence-corrected chi connectivity index (χ3v) is 3.62. The van der Waals surface area contributed by atoms with Gasteiger partial charge < -0.3 is 10.2 Å². The number of hydrogen-bond donors (Lipinski definition) is 1. The number of piperazine rings is 1. The maximum absolute atomic E-state index is 13.1. The number of nitrogens with one attached hydrogen (secondary N) is 1. The lowest BCUT2D eigenvalue weighted by molar-refractivity contribution is -0.138. The number of carbonyl (C=O) groups excluding carboxylic acids is 1. The summed E-state index contributed by atoms with van der Waals surface area (Å²) in [5.74, 6) is -3.18. The molecule has 2 rings (SSSR count). The van der Waals surface area contributed by atoms with Gasteiger partial charge in [-0.3, -0.25) is 4.79 Å². The molecule has 2 aliphatic rings. The van der Waals surface area contributed by atoms with Crippen LogP contribution in [-0.4, -0.2) is 41.9 Å². The van der Waals surface area contributed by atoms with E-state index in [4.69, 9.17) is 0 Å². The summed E-state index contributed by atoms with van der Waals surface area (Å²) in [5.41, 5.74) is 0. The van der Waals surface area contributed by atoms with E-state index < -0.39 is 11.8 Å². The Hall–Kier alpha value is -0.710. The van der Waals surface area contributed by atoms with Crippen LogP contribution in [0.25, 0.3) is 0 Å². The van der Waals surface area contributed by atoms with Crippen LogP contribution in [0.2, 0.25) is 0 Å². The van der Waals surface area contributed by atoms with E-state index in [1.165, 1.54) is 0 Å². The van der Waals surface area contributed by atoms with Gasteiger partial charge in [0.1, 0.15) is 0 Å². The lowest BCUT2D eigenvalue weighted by Crippen LogP contribution is -2.56. The fraction of sp³-hybridized carbons (Fsp3) is 0.917. The zero-order valence-corrected chi connectivity index (χ0v) is 10.4. The highest BCUT2D eigenvalue weighted by atomic mass is 19.3. The number of alkyl halides is 2. The average molecular weight is 246 g/mol. The molecule has 1 amide bonds. The van der Waals surface area contributed by atoms with Crippen molar-refractivity contribution in [2.75, 3.05) is 13.1 Å². The van der Waals surface area contributed by atoms with Crippen molar-refractivity contribution in [1.29, 1.82) is 0 Å². The molecule has 0 bridgehead atoms. The largest absolute Gasteiger partial charge is 0.339 e. The molecule has 17 heavy (non-hydrogen) atoms. The van der Waals surface area contributed by atoms with Crippen LogP contribution in [0, 0.1) is 5.92 Å². The summed E-state index contributed by atoms with van der Waals surface area (Å²) in [6, 6.07) is 0.481. The minimum Gasteiger partial charge on any atom is -0.339 e. The topological polar surface area (TPSA) is 32.3 Å². The molecular formula is C12H20F2N2O. The van der Waals surface area contributed by atoms with Gasteiger partial charge in [0.15, 0.2) is 0 Å². The molecule has 5 heteroatoms. The molecule has 0 spiro atoms. The van der Waals surface area contributed by atoms with Crippen molar-refractivity contribution in [3.8, 4) is 0 Å². The second-order valence-electron chi connectivity index (χ2n) is 5.51. The summed E-state index contributed by atoms with van der Waals surface area (Å²) in [7, 11) is 0. The van der Waals surface area contributed by atoms with Gasteiger partial charge in [-0.15, -0.1) is 0 Å². The van der Waals surface area contributed by atoms with E-state index in [1.807, 2.05) is 13.8 Å². The Morgan fingerprint density at radius 3 is 2.35 bits per heavy atom. The van der Waals surface area contributed by atoms with Crippen molar-refractivity contribution in [3.05, 3.63) is 0 Å². The number of nitrogens with zero attached hydrogens (tertiary/aromatic N) is 1. The molecule has 1 heterocycles. The zero-order valence-electron chi connectivity index (χ0n) is 10.4. The third-order valence-electron chi connectivity index (χ3n) is 3.62. The molecule has 1 N–H and O–H groups in total. The number of amides is 1. The molecule has 3 nitrogen and oxygen atoms in total. The van der Waals surface area contributed by atoms with Crippen LogP contribution in [0.15, 0.2) is 0 Å². The summed E-state index contributed by atoms with van der Waals surface area (Å²) in [5, 5.41) is 3.33. The normalized spacial score (nSPS) is 37.2. The maximum atomic E-state index is 13.1. The quantitative estimate of drug-likeness (QED) is 0.762. The molecule has 1 saturated heterocycles. The molecule has 3 atom stereocenters. The minimum absolute atomic E-state index is 0.0811. The highest BCUT2D eigenvalue weighted by Crippen LogP contribution is 2.39. The molecular weight excluding hydrogens is 226 g/mol. The van der Waals surface area contributed by atoms with Gasteiger partial charge in [-0.1, -0.05) is 0 Å². The van der Waals surface area contributed by atoms with Crippen molar-refractivity contribution >= 4 is 5.91 Å². The van der Waals surface area contributed by atoms with Gasteiger partial charge in [-0.05, 0) is 20.3 Å². The maximum Gasteiger partial charge on any atom is 0.248 e. The van der Waals surface area contributed by atoms with Crippen LogP contribution in [0.3, 0.4) is 0 Å². The van der Waals surface area contributed by atoms with Crippen LogP contribution in [0.5, 0.6) is 0 Å². The predicted octanol–water partition coefficient (Wildman–Crippen LogP) is 1.63. The van der Waals surface area contributed by atoms with E-state index in [1.54, 1.807) is 4.90 Å². The average Bonchev–Trinajstić information content (AvgIpc) is 2.56. The van der Waals surface area contributed by atoms with Gasteiger partial charge in [0.2, 0.25) is 11.8 Å². The zero-order chi connectivity index (χ0) is 12.6. The van der Waals surface area contributed by atoms with E-state index in [0.717, 1.165) is 0 Å². The van der Waals surface area contributed by atoms with Crippen LogP contribution in [0.1, 0.15) is 33.1 Å². The molecule has 0 aromatic carbocycles. The number of halogens is 2. The Bertz CT molecular complexity index is 299. The van der Waals surface area contributed by atoms with Crippen molar-refractivity contribution < 1.29 is 13.6 Å². The SMILES string of the molecule is CC1CN(C(=O)C2CCC(F)(F)C2)CC(C)N1. The molecule has 1 aliphatic carbocycles. The second kappa shape index (κ2) is 4.52. The molecule has 3 unspecified atom stereocenters. The van der Waals surface area contributed by atoms with Crippen LogP contribution in [0.4, 0.5) is 8.78 Å². The second-order valence-corrected chi connectivity index (χ2v) is 5.51. The summed E-state index contributed by atoms with van der Waals surface area (Å²) < 4.78 is 26.2. The predicted molar refractivity (Wildman–Crippen MR) is 60.9 cm³/mol. The number of rotatable bonds is 1. The molecule has 1 aliphatic heterocycles. The lowest BCUT2D eigenvalue weighted by atomic mass is 10.0. The van der Waals surface area contributed by atoms with Gasteiger partial charge in [-0.25, -0.2) is 8.78 Å². The summed E-state index contributed by atoms with van der Waals surface area (Å²) in [6.45, 7) is 5.29. The van der Waals surface area contributed by atoms with Crippen molar-refractivity contribution in [2.45, 2.75) is 51.1 Å². The summed E-state index contributed by atoms with van der Waals surface area (Å²) >= 11 is 0. The highest BCUT2D eigenvalue weighted by Gasteiger charge is 2.44. The highest BCUT2D eigenvalue weighted by molar-refractivity contribution is 5.79. The lowest BCUT2D eigenvalue weighted by Gasteiger charge is -2.37. The Kier molecular flexibility index (Phi) is 3.39. The molecule has 0 radical (unpaired) electrons. The number of carbonyl (C=O) groups is 1. The summed E-state index contributed by atoms with van der Waals surface area (Å²) in [4.78, 5) is 13.9. The first-order chi connectivity index (χ1) is 7.87. The smallest absolute Gasteiger partial charge is 0.248 e. The van der Waals surface area contributed by atoms with Crippen LogP contribution >= 0.6 is 0 Å². The van der Waals surface area contributed by atoms with Gasteiger partial charge >= 0.3 is 0 Å². The van der Waals surface area contributed by atoms with Gasteiger partial charge in [0.25, 0.3) is 0 Å². The van der Waals surface area contributed by atoms with E-state index in [2.05, 4.69) is 5.32 Å². The molecule has 0 aromatic heterocycles. The van der Waals surface area contributed by atoms with E-state index in [9.17, 15) is 13.6 Å². The van der Waals surface area contributed by atoms with E-state index >= 15 is 0 Å². The van der Waals surface area contributed by atoms with Gasteiger partial charge in [0.05, 0.1) is 0 Å². The third kappa shape index (κ3) is 2.94. The Morgan fingerprint density at radius 2 is 1.88 bits per heavy atom. The summed E-state index contributed by atoms with van der Waals surface area (Å²) in [6.07, 6.45) is -0.0718. The van der Waals surface area contributed by atoms with E-state index in [-0.39, 0.29) is 30.8 Å². The number of hydrogen-bond acceptors (Lipinski definition) is 2. The first-order valence-electron chi connectivity index (χ1n) is 6.30. The van der Waals surface area contributed by atoms with Crippen molar-refractivity contribution in [3.63, 3.8) is 0 Å². The standard InChI is InChI=1S/C12H20F2N2O/c1-8-6-16(7-9(2)15-8)11(17)10-3-4-12(13,14)5-10/h8-10,15H,3-7H2,1-2H3. The minimum atomic E-state index is -2.63. The first kappa shape index (κ1) is 12.7. The Morgan fingerprint density at radius 1 is 1.29 bits per heavy atom. The fourth-order valence-corrected chi connectivity index (χ4v) is 2.93. The van der Waals surface area contributed by atoms with Crippen LogP contribution in [-0.2, 0) is 4.79 Å². The van der Waals surface area contributed by atoms with Gasteiger partial charge in [0, 0.05) is 43.9 Å². The fourth-order valence-electron chi connectivity index (χ4n) is 2.93. The molecule has 0 aromatic rings. The van der Waals surface area contributed by atoms with Gasteiger partial charge in [-0.2, -0.15) is 0 Å². The molecule has 2 fully saturated rings. The Balaban J connectivity index is 1.96. The van der Waals surface area contributed by atoms with Crippen molar-refractivity contribution in [1.82, 2.24) is 10.2 Å². The van der Waals surface area contributed by atoms with Crippen molar-refractivity contribution in [2.24, 2.45) is 5.92 Å². The van der Waals surface area contributed by atoms with Crippen LogP contribution < -0.4 is 5.32 Å². The molecule has 98 valence electrons. The Labute approximate surface area is 101 Å². The first-order valence-corrected chi connectivity index (χ1v) is 6.30. The van der Waals surface area contributed by atoms with E-state index in [0.29, 0.717) is 19.5 Å². The molecule has 1 saturated carbocycles.